The van der Waals surface area contributed by atoms with Gasteiger partial charge < -0.3 is 4.90 Å². The van der Waals surface area contributed by atoms with Gasteiger partial charge in [0, 0.05) is 39.3 Å². The van der Waals surface area contributed by atoms with Crippen LogP contribution in [0.3, 0.4) is 0 Å². The van der Waals surface area contributed by atoms with Crippen molar-refractivity contribution in [2.24, 2.45) is 5.92 Å². The molecule has 6 nitrogen and oxygen atoms in total. The summed E-state index contributed by atoms with van der Waals surface area (Å²) in [6.45, 7) is 10.2. The van der Waals surface area contributed by atoms with Crippen LogP contribution in [0, 0.1) is 5.92 Å². The molecule has 1 unspecified atom stereocenters. The van der Waals surface area contributed by atoms with Crippen LogP contribution in [0.4, 0.5) is 0 Å². The fraction of sp³-hybridized carbons (Fsp3) is 0.682. The van der Waals surface area contributed by atoms with E-state index in [1.807, 2.05) is 17.0 Å². The van der Waals surface area contributed by atoms with Crippen LogP contribution >= 0.6 is 0 Å². The standard InChI is InChI=1S/C22H35N3O3S/c1-4-5-19-6-8-20(9-7-19)29(27,28)25-16-14-23(15-17-25)21-11-13-24(22(21)26)12-10-18(2)3/h6-9,18,21H,4-5,10-17H2,1-3H3. The predicted octanol–water partition coefficient (Wildman–Crippen LogP) is 2.59. The monoisotopic (exact) mass is 421 g/mol. The molecule has 0 aromatic heterocycles. The number of hydrogen-bond acceptors (Lipinski definition) is 4. The third-order valence-corrected chi connectivity index (χ3v) is 7.97. The minimum absolute atomic E-state index is 0.0830. The van der Waals surface area contributed by atoms with Crippen molar-refractivity contribution in [3.8, 4) is 0 Å². The van der Waals surface area contributed by atoms with Crippen LogP contribution in [0.1, 0.15) is 45.6 Å². The van der Waals surface area contributed by atoms with Crippen molar-refractivity contribution in [2.75, 3.05) is 39.3 Å². The van der Waals surface area contributed by atoms with Gasteiger partial charge in [0.15, 0.2) is 0 Å². The number of amides is 1. The van der Waals surface area contributed by atoms with E-state index in [2.05, 4.69) is 25.7 Å². The Hall–Kier alpha value is -1.44. The summed E-state index contributed by atoms with van der Waals surface area (Å²) in [6.07, 6.45) is 3.88. The van der Waals surface area contributed by atoms with Gasteiger partial charge in [0.25, 0.3) is 0 Å². The zero-order chi connectivity index (χ0) is 21.0. The molecule has 0 N–H and O–H groups in total. The van der Waals surface area contributed by atoms with Gasteiger partial charge in [-0.25, -0.2) is 8.42 Å². The summed E-state index contributed by atoms with van der Waals surface area (Å²) in [5.41, 5.74) is 1.16. The third-order valence-electron chi connectivity index (χ3n) is 6.06. The van der Waals surface area contributed by atoms with Crippen molar-refractivity contribution in [1.29, 1.82) is 0 Å². The molecule has 1 aromatic rings. The predicted molar refractivity (Wildman–Crippen MR) is 115 cm³/mol. The number of aryl methyl sites for hydroxylation is 1. The number of carbonyl (C=O) groups excluding carboxylic acids is 1. The number of piperazine rings is 1. The lowest BCUT2D eigenvalue weighted by molar-refractivity contribution is -0.132. The first-order valence-corrected chi connectivity index (χ1v) is 12.4. The van der Waals surface area contributed by atoms with Crippen molar-refractivity contribution in [3.05, 3.63) is 29.8 Å². The average Bonchev–Trinajstić information content (AvgIpc) is 3.07. The Balaban J connectivity index is 1.56. The maximum Gasteiger partial charge on any atom is 0.243 e. The third kappa shape index (κ3) is 5.19. The Labute approximate surface area is 175 Å². The summed E-state index contributed by atoms with van der Waals surface area (Å²) in [5, 5.41) is 0. The molecule has 0 spiro atoms. The lowest BCUT2D eigenvalue weighted by atomic mass is 10.1. The zero-order valence-electron chi connectivity index (χ0n) is 18.0. The first kappa shape index (κ1) is 22.2. The number of hydrogen-bond donors (Lipinski definition) is 0. The first-order chi connectivity index (χ1) is 13.8. The molecule has 0 bridgehead atoms. The van der Waals surface area contributed by atoms with E-state index < -0.39 is 10.0 Å². The number of nitrogens with zero attached hydrogens (tertiary/aromatic N) is 3. The Morgan fingerprint density at radius 3 is 2.28 bits per heavy atom. The molecule has 162 valence electrons. The summed E-state index contributed by atoms with van der Waals surface area (Å²) in [4.78, 5) is 17.3. The maximum atomic E-state index is 13.0. The van der Waals surface area contributed by atoms with E-state index in [4.69, 9.17) is 0 Å². The Morgan fingerprint density at radius 2 is 1.69 bits per heavy atom. The van der Waals surface area contributed by atoms with Gasteiger partial charge in [0.2, 0.25) is 15.9 Å². The van der Waals surface area contributed by atoms with E-state index in [-0.39, 0.29) is 11.9 Å². The molecule has 3 rings (SSSR count). The van der Waals surface area contributed by atoms with Gasteiger partial charge in [-0.3, -0.25) is 9.69 Å². The number of carbonyl (C=O) groups is 1. The smallest absolute Gasteiger partial charge is 0.243 e. The highest BCUT2D eigenvalue weighted by atomic mass is 32.2. The van der Waals surface area contributed by atoms with E-state index in [1.165, 1.54) is 0 Å². The summed E-state index contributed by atoms with van der Waals surface area (Å²) in [7, 11) is -3.47. The van der Waals surface area contributed by atoms with Crippen LogP contribution in [0.25, 0.3) is 0 Å². The fourth-order valence-corrected chi connectivity index (χ4v) is 5.64. The number of benzene rings is 1. The van der Waals surface area contributed by atoms with Gasteiger partial charge in [-0.05, 0) is 42.9 Å². The molecule has 2 fully saturated rings. The van der Waals surface area contributed by atoms with Crippen LogP contribution in [-0.2, 0) is 21.2 Å². The topological polar surface area (TPSA) is 60.9 Å². The minimum Gasteiger partial charge on any atom is -0.341 e. The van der Waals surface area contributed by atoms with E-state index >= 15 is 0 Å². The fourth-order valence-electron chi connectivity index (χ4n) is 4.22. The highest BCUT2D eigenvalue weighted by molar-refractivity contribution is 7.89. The van der Waals surface area contributed by atoms with Gasteiger partial charge in [0.05, 0.1) is 10.9 Å². The minimum atomic E-state index is -3.47. The summed E-state index contributed by atoms with van der Waals surface area (Å²) in [6, 6.07) is 7.19. The number of likely N-dealkylation sites (tertiary alicyclic amines) is 1. The highest BCUT2D eigenvalue weighted by Crippen LogP contribution is 2.23. The Kier molecular flexibility index (Phi) is 7.35. The normalized spacial score (nSPS) is 22.0. The van der Waals surface area contributed by atoms with Crippen LogP contribution in [0.15, 0.2) is 29.2 Å². The maximum absolute atomic E-state index is 13.0. The second-order valence-corrected chi connectivity index (χ2v) is 10.6. The molecule has 2 heterocycles. The summed E-state index contributed by atoms with van der Waals surface area (Å²) in [5.74, 6) is 0.806. The van der Waals surface area contributed by atoms with Gasteiger partial charge in [-0.2, -0.15) is 4.31 Å². The van der Waals surface area contributed by atoms with Crippen molar-refractivity contribution < 1.29 is 13.2 Å². The molecule has 0 aliphatic carbocycles. The molecule has 7 heteroatoms. The van der Waals surface area contributed by atoms with E-state index in [0.717, 1.165) is 44.3 Å². The van der Waals surface area contributed by atoms with E-state index in [0.29, 0.717) is 37.0 Å². The van der Waals surface area contributed by atoms with Crippen LogP contribution in [-0.4, -0.2) is 73.7 Å². The van der Waals surface area contributed by atoms with Crippen molar-refractivity contribution in [2.45, 2.75) is 57.4 Å². The molecule has 1 atom stereocenters. The average molecular weight is 422 g/mol. The van der Waals surface area contributed by atoms with Gasteiger partial charge >= 0.3 is 0 Å². The molecule has 0 radical (unpaired) electrons. The second kappa shape index (κ2) is 9.58. The molecule has 0 saturated carbocycles. The summed E-state index contributed by atoms with van der Waals surface area (Å²) < 4.78 is 27.5. The zero-order valence-corrected chi connectivity index (χ0v) is 18.8. The molecular weight excluding hydrogens is 386 g/mol. The van der Waals surface area contributed by atoms with Crippen molar-refractivity contribution in [3.63, 3.8) is 0 Å². The van der Waals surface area contributed by atoms with Gasteiger partial charge in [0.1, 0.15) is 0 Å². The van der Waals surface area contributed by atoms with Crippen LogP contribution in [0.2, 0.25) is 0 Å². The van der Waals surface area contributed by atoms with Gasteiger partial charge in [-0.15, -0.1) is 0 Å². The van der Waals surface area contributed by atoms with Gasteiger partial charge in [-0.1, -0.05) is 39.3 Å². The van der Waals surface area contributed by atoms with Crippen LogP contribution < -0.4 is 0 Å². The van der Waals surface area contributed by atoms with E-state index in [1.54, 1.807) is 16.4 Å². The quantitative estimate of drug-likeness (QED) is 0.647. The lowest BCUT2D eigenvalue weighted by Crippen LogP contribution is -2.53. The molecule has 2 aliphatic rings. The van der Waals surface area contributed by atoms with Crippen LogP contribution in [0.5, 0.6) is 0 Å². The largest absolute Gasteiger partial charge is 0.341 e. The molecular formula is C22H35N3O3S. The first-order valence-electron chi connectivity index (χ1n) is 10.9. The van der Waals surface area contributed by atoms with Crippen molar-refractivity contribution >= 4 is 15.9 Å². The molecule has 2 aliphatic heterocycles. The highest BCUT2D eigenvalue weighted by Gasteiger charge is 2.38. The van der Waals surface area contributed by atoms with E-state index in [9.17, 15) is 13.2 Å². The van der Waals surface area contributed by atoms with Crippen molar-refractivity contribution in [1.82, 2.24) is 14.1 Å². The SMILES string of the molecule is CCCc1ccc(S(=O)(=O)N2CCN(C3CCN(CCC(C)C)C3=O)CC2)cc1. The Morgan fingerprint density at radius 1 is 1.03 bits per heavy atom. The lowest BCUT2D eigenvalue weighted by Gasteiger charge is -2.36. The molecule has 1 aromatic carbocycles. The molecule has 29 heavy (non-hydrogen) atoms. The Bertz CT molecular complexity index is 784. The molecule has 1 amide bonds. The number of sulfonamides is 1. The summed E-state index contributed by atoms with van der Waals surface area (Å²) >= 11 is 0. The molecule has 2 saturated heterocycles. The number of rotatable bonds is 8. The second-order valence-electron chi connectivity index (χ2n) is 8.65.